The first-order valence-electron chi connectivity index (χ1n) is 12.4. The average molecular weight is 459 g/mol. The maximum absolute atomic E-state index is 13.2. The first-order chi connectivity index (χ1) is 16.6. The van der Waals surface area contributed by atoms with E-state index in [1.165, 1.54) is 24.1 Å². The van der Waals surface area contributed by atoms with Gasteiger partial charge in [0.15, 0.2) is 0 Å². The summed E-state index contributed by atoms with van der Waals surface area (Å²) < 4.78 is 0. The largest absolute Gasteiger partial charge is 0.366 e. The molecule has 2 saturated heterocycles. The first kappa shape index (κ1) is 21.4. The number of rotatable bonds is 4. The molecule has 0 aliphatic carbocycles. The molecule has 7 heteroatoms. The number of nitrogens with zero attached hydrogens (tertiary/aromatic N) is 2. The van der Waals surface area contributed by atoms with Gasteiger partial charge in [-0.1, -0.05) is 30.3 Å². The molecule has 2 unspecified atom stereocenters. The van der Waals surface area contributed by atoms with Crippen LogP contribution in [0.3, 0.4) is 0 Å². The zero-order valence-electron chi connectivity index (χ0n) is 19.3. The number of hydrogen-bond acceptors (Lipinski definition) is 5. The van der Waals surface area contributed by atoms with Crippen LogP contribution in [0.5, 0.6) is 0 Å². The molecule has 34 heavy (non-hydrogen) atoms. The van der Waals surface area contributed by atoms with Gasteiger partial charge in [-0.05, 0) is 67.1 Å². The Morgan fingerprint density at radius 2 is 1.76 bits per heavy atom. The third-order valence-corrected chi connectivity index (χ3v) is 8.09. The van der Waals surface area contributed by atoms with Crippen LogP contribution in [0.25, 0.3) is 0 Å². The lowest BCUT2D eigenvalue weighted by molar-refractivity contribution is -0.136. The van der Waals surface area contributed by atoms with E-state index in [-0.39, 0.29) is 24.1 Å². The Labute approximate surface area is 199 Å². The Hall–Kier alpha value is -3.19. The molecule has 2 atom stereocenters. The fourth-order valence-electron chi connectivity index (χ4n) is 6.33. The van der Waals surface area contributed by atoms with Crippen LogP contribution < -0.4 is 15.5 Å². The fraction of sp³-hybridized carbons (Fsp3) is 0.444. The predicted molar refractivity (Wildman–Crippen MR) is 128 cm³/mol. The third kappa shape index (κ3) is 3.59. The smallest absolute Gasteiger partial charge is 0.255 e. The number of carbonyl (C=O) groups excluding carboxylic acids is 3. The second-order valence-electron chi connectivity index (χ2n) is 9.98. The molecule has 0 spiro atoms. The number of imide groups is 1. The molecule has 2 fully saturated rings. The highest BCUT2D eigenvalue weighted by molar-refractivity contribution is 6.05. The summed E-state index contributed by atoms with van der Waals surface area (Å²) in [5.74, 6) is 0.496. The number of carbonyl (C=O) groups is 3. The van der Waals surface area contributed by atoms with Gasteiger partial charge in [-0.25, -0.2) is 0 Å². The van der Waals surface area contributed by atoms with E-state index >= 15 is 0 Å². The molecule has 4 aliphatic rings. The highest BCUT2D eigenvalue weighted by Gasteiger charge is 2.40. The first-order valence-corrected chi connectivity index (χ1v) is 12.4. The van der Waals surface area contributed by atoms with Crippen LogP contribution in [-0.2, 0) is 22.7 Å². The van der Waals surface area contributed by atoms with Crippen LogP contribution in [0.1, 0.15) is 58.6 Å². The molecule has 0 saturated carbocycles. The Kier molecular flexibility index (Phi) is 5.37. The molecule has 2 aromatic rings. The molecular formula is C27H30N4O3. The van der Waals surface area contributed by atoms with E-state index in [1.54, 1.807) is 4.90 Å². The molecule has 4 heterocycles. The van der Waals surface area contributed by atoms with E-state index in [9.17, 15) is 14.4 Å². The van der Waals surface area contributed by atoms with Gasteiger partial charge in [-0.2, -0.15) is 0 Å². The highest BCUT2D eigenvalue weighted by atomic mass is 16.2. The van der Waals surface area contributed by atoms with Crippen molar-refractivity contribution < 1.29 is 14.4 Å². The minimum Gasteiger partial charge on any atom is -0.366 e. The van der Waals surface area contributed by atoms with Gasteiger partial charge in [-0.15, -0.1) is 0 Å². The van der Waals surface area contributed by atoms with Crippen molar-refractivity contribution >= 4 is 23.4 Å². The minimum atomic E-state index is -0.581. The number of anilines is 1. The summed E-state index contributed by atoms with van der Waals surface area (Å²) in [6, 6.07) is 14.1. The van der Waals surface area contributed by atoms with Crippen molar-refractivity contribution in [1.29, 1.82) is 0 Å². The molecule has 6 rings (SSSR count). The molecule has 4 aliphatic heterocycles. The number of benzene rings is 2. The Morgan fingerprint density at radius 1 is 0.941 bits per heavy atom. The zero-order chi connectivity index (χ0) is 23.2. The van der Waals surface area contributed by atoms with Gasteiger partial charge >= 0.3 is 0 Å². The molecule has 3 amide bonds. The van der Waals surface area contributed by atoms with Gasteiger partial charge in [0, 0.05) is 43.2 Å². The SMILES string of the molecule is O=C1CCC(N2Cc3c(CN4CC(C5CCNCC5)c5ccccc54)cccc3C2=O)C(=O)N1. The van der Waals surface area contributed by atoms with Gasteiger partial charge in [0.25, 0.3) is 5.91 Å². The number of piperidine rings is 2. The van der Waals surface area contributed by atoms with Gasteiger partial charge in [0.2, 0.25) is 11.8 Å². The normalized spacial score (nSPS) is 24.9. The topological polar surface area (TPSA) is 81.8 Å². The lowest BCUT2D eigenvalue weighted by Crippen LogP contribution is -2.52. The maximum atomic E-state index is 13.2. The zero-order valence-corrected chi connectivity index (χ0v) is 19.3. The summed E-state index contributed by atoms with van der Waals surface area (Å²) >= 11 is 0. The molecule has 176 valence electrons. The quantitative estimate of drug-likeness (QED) is 0.689. The van der Waals surface area contributed by atoms with Gasteiger partial charge < -0.3 is 15.1 Å². The monoisotopic (exact) mass is 458 g/mol. The summed E-state index contributed by atoms with van der Waals surface area (Å²) in [6.45, 7) is 4.35. The summed E-state index contributed by atoms with van der Waals surface area (Å²) in [6.07, 6.45) is 3.08. The van der Waals surface area contributed by atoms with Crippen molar-refractivity contribution in [3.05, 3.63) is 64.7 Å². The van der Waals surface area contributed by atoms with Crippen LogP contribution in [0, 0.1) is 5.92 Å². The maximum Gasteiger partial charge on any atom is 0.255 e. The summed E-state index contributed by atoms with van der Waals surface area (Å²) in [5.41, 5.74) is 5.59. The highest BCUT2D eigenvalue weighted by Crippen LogP contribution is 2.44. The molecule has 0 bridgehead atoms. The van der Waals surface area contributed by atoms with Crippen LogP contribution in [0.15, 0.2) is 42.5 Å². The third-order valence-electron chi connectivity index (χ3n) is 8.09. The standard InChI is InChI=1S/C27H30N4O3/c32-25-9-8-24(26(33)29-25)31-16-22-18(4-3-6-20(22)27(31)34)14-30-15-21(17-10-12-28-13-11-17)19-5-1-2-7-23(19)30/h1-7,17,21,24,28H,8-16H2,(H,29,32,33). The van der Waals surface area contributed by atoms with Crippen molar-refractivity contribution in [2.75, 3.05) is 24.5 Å². The molecule has 0 aromatic heterocycles. The fourth-order valence-corrected chi connectivity index (χ4v) is 6.33. The molecular weight excluding hydrogens is 428 g/mol. The van der Waals surface area contributed by atoms with Crippen LogP contribution in [0.2, 0.25) is 0 Å². The minimum absolute atomic E-state index is 0.110. The van der Waals surface area contributed by atoms with Crippen LogP contribution in [0.4, 0.5) is 5.69 Å². The van der Waals surface area contributed by atoms with E-state index in [4.69, 9.17) is 0 Å². The summed E-state index contributed by atoms with van der Waals surface area (Å²) in [7, 11) is 0. The lowest BCUT2D eigenvalue weighted by Gasteiger charge is -2.29. The number of fused-ring (bicyclic) bond motifs is 2. The summed E-state index contributed by atoms with van der Waals surface area (Å²) in [5, 5.41) is 5.87. The van der Waals surface area contributed by atoms with Crippen molar-refractivity contribution in [3.63, 3.8) is 0 Å². The molecule has 2 aromatic carbocycles. The van der Waals surface area contributed by atoms with Gasteiger partial charge in [0.1, 0.15) is 6.04 Å². The van der Waals surface area contributed by atoms with Crippen LogP contribution >= 0.6 is 0 Å². The Balaban J connectivity index is 1.26. The van der Waals surface area contributed by atoms with Crippen molar-refractivity contribution in [2.45, 2.75) is 50.7 Å². The molecule has 0 radical (unpaired) electrons. The Morgan fingerprint density at radius 3 is 2.59 bits per heavy atom. The van der Waals surface area contributed by atoms with Gasteiger partial charge in [0.05, 0.1) is 0 Å². The second kappa shape index (κ2) is 8.55. The average Bonchev–Trinajstić information content (AvgIpc) is 3.39. The van der Waals surface area contributed by atoms with E-state index in [0.29, 0.717) is 30.4 Å². The van der Waals surface area contributed by atoms with Crippen molar-refractivity contribution in [2.24, 2.45) is 5.92 Å². The van der Waals surface area contributed by atoms with Crippen LogP contribution in [-0.4, -0.2) is 48.3 Å². The van der Waals surface area contributed by atoms with E-state index < -0.39 is 6.04 Å². The van der Waals surface area contributed by atoms with Crippen molar-refractivity contribution in [3.8, 4) is 0 Å². The number of amides is 3. The second-order valence-corrected chi connectivity index (χ2v) is 9.98. The number of nitrogens with one attached hydrogen (secondary N) is 2. The molecule has 7 nitrogen and oxygen atoms in total. The Bertz CT molecular complexity index is 1160. The summed E-state index contributed by atoms with van der Waals surface area (Å²) in [4.78, 5) is 41.3. The van der Waals surface area contributed by atoms with Crippen molar-refractivity contribution in [1.82, 2.24) is 15.5 Å². The van der Waals surface area contributed by atoms with E-state index in [2.05, 4.69) is 45.9 Å². The predicted octanol–water partition coefficient (Wildman–Crippen LogP) is 2.55. The van der Waals surface area contributed by atoms with Gasteiger partial charge in [-0.3, -0.25) is 19.7 Å². The lowest BCUT2D eigenvalue weighted by atomic mass is 9.82. The van der Waals surface area contributed by atoms with E-state index in [1.807, 2.05) is 12.1 Å². The number of para-hydroxylation sites is 1. The van der Waals surface area contributed by atoms with E-state index in [0.717, 1.165) is 37.3 Å². The number of hydrogen-bond donors (Lipinski definition) is 2. The molecule has 2 N–H and O–H groups in total.